The number of carbonyl (C=O) groups is 1. The number of aromatic nitrogens is 2. The zero-order valence-corrected chi connectivity index (χ0v) is 17.5. The van der Waals surface area contributed by atoms with Crippen LogP contribution in [0.4, 0.5) is 27.5 Å². The van der Waals surface area contributed by atoms with Gasteiger partial charge in [-0.05, 0) is 61.0 Å². The van der Waals surface area contributed by atoms with Crippen molar-refractivity contribution in [2.24, 2.45) is 7.05 Å². The maximum absolute atomic E-state index is 12.4. The van der Waals surface area contributed by atoms with E-state index in [1.807, 2.05) is 31.2 Å². The molecule has 4 aromatic rings. The monoisotopic (exact) mass is 424 g/mol. The zero-order chi connectivity index (χ0) is 22.7. The first kappa shape index (κ1) is 20.6. The van der Waals surface area contributed by atoms with Crippen LogP contribution < -0.4 is 21.5 Å². The molecule has 0 radical (unpaired) electrons. The summed E-state index contributed by atoms with van der Waals surface area (Å²) in [6, 6.07) is 19.2. The molecule has 158 valence electrons. The van der Waals surface area contributed by atoms with E-state index in [4.69, 9.17) is 5.26 Å². The predicted octanol–water partition coefficient (Wildman–Crippen LogP) is 4.50. The largest absolute Gasteiger partial charge is 0.355 e. The van der Waals surface area contributed by atoms with Crippen molar-refractivity contribution in [1.82, 2.24) is 9.55 Å². The van der Waals surface area contributed by atoms with Crippen LogP contribution in [0.15, 0.2) is 71.8 Å². The molecule has 0 aliphatic rings. The zero-order valence-electron chi connectivity index (χ0n) is 17.5. The van der Waals surface area contributed by atoms with Gasteiger partial charge in [0.05, 0.1) is 28.9 Å². The number of hydrogen-bond acceptors (Lipinski definition) is 5. The Balaban J connectivity index is 1.53. The third-order valence-corrected chi connectivity index (χ3v) is 4.94. The molecule has 0 aliphatic heterocycles. The van der Waals surface area contributed by atoms with Crippen LogP contribution in [0, 0.1) is 18.3 Å². The topological polar surface area (TPSA) is 112 Å². The number of carbonyl (C=O) groups excluding carboxylic acids is 1. The molecule has 3 aromatic carbocycles. The summed E-state index contributed by atoms with van der Waals surface area (Å²) in [6.45, 7) is 1.95. The van der Waals surface area contributed by atoms with Crippen molar-refractivity contribution in [3.8, 4) is 6.07 Å². The highest BCUT2D eigenvalue weighted by Gasteiger charge is 2.08. The summed E-state index contributed by atoms with van der Waals surface area (Å²) in [5, 5.41) is 18.3. The number of fused-ring (bicyclic) bond motifs is 1. The molecule has 4 rings (SSSR count). The van der Waals surface area contributed by atoms with E-state index < -0.39 is 6.03 Å². The SMILES string of the molecule is Cc1ccc(NC(=O)Nc2cccc(C#N)c2)cc1Nc1ccc2ncn(C)c(=O)c2c1. The van der Waals surface area contributed by atoms with E-state index in [9.17, 15) is 9.59 Å². The van der Waals surface area contributed by atoms with Crippen LogP contribution in [0.3, 0.4) is 0 Å². The lowest BCUT2D eigenvalue weighted by Crippen LogP contribution is -2.19. The molecule has 1 aromatic heterocycles. The van der Waals surface area contributed by atoms with Gasteiger partial charge in [0.1, 0.15) is 0 Å². The maximum atomic E-state index is 12.4. The number of anilines is 4. The second-order valence-electron chi connectivity index (χ2n) is 7.32. The highest BCUT2D eigenvalue weighted by molar-refractivity contribution is 6.00. The molecular weight excluding hydrogens is 404 g/mol. The molecule has 32 heavy (non-hydrogen) atoms. The number of nitrogens with one attached hydrogen (secondary N) is 3. The van der Waals surface area contributed by atoms with Gasteiger partial charge in [0.15, 0.2) is 0 Å². The fraction of sp³-hybridized carbons (Fsp3) is 0.0833. The average Bonchev–Trinajstić information content (AvgIpc) is 2.79. The van der Waals surface area contributed by atoms with E-state index in [1.165, 1.54) is 10.9 Å². The Hall–Kier alpha value is -4.64. The third-order valence-electron chi connectivity index (χ3n) is 4.94. The Labute approximate surface area is 184 Å². The van der Waals surface area contributed by atoms with E-state index in [0.29, 0.717) is 27.8 Å². The van der Waals surface area contributed by atoms with E-state index in [-0.39, 0.29) is 5.56 Å². The standard InChI is InChI=1S/C24H20N6O2/c1-15-6-7-19(29-24(32)28-17-5-3-4-16(10-17)13-25)12-22(15)27-18-8-9-21-20(11-18)23(31)30(2)14-26-21/h3-12,14,27H,1-2H3,(H2,28,29,32). The number of benzene rings is 3. The Morgan fingerprint density at radius 1 is 1.00 bits per heavy atom. The van der Waals surface area contributed by atoms with Gasteiger partial charge in [-0.15, -0.1) is 0 Å². The van der Waals surface area contributed by atoms with Crippen molar-refractivity contribution in [1.29, 1.82) is 5.26 Å². The van der Waals surface area contributed by atoms with Crippen LogP contribution in [-0.4, -0.2) is 15.6 Å². The van der Waals surface area contributed by atoms with Gasteiger partial charge < -0.3 is 20.5 Å². The van der Waals surface area contributed by atoms with Crippen LogP contribution in [0.1, 0.15) is 11.1 Å². The van der Waals surface area contributed by atoms with Crippen molar-refractivity contribution in [3.05, 3.63) is 88.5 Å². The first-order valence-corrected chi connectivity index (χ1v) is 9.84. The number of rotatable bonds is 4. The van der Waals surface area contributed by atoms with Crippen molar-refractivity contribution >= 4 is 39.7 Å². The number of nitriles is 1. The van der Waals surface area contributed by atoms with Crippen LogP contribution >= 0.6 is 0 Å². The molecule has 0 fully saturated rings. The van der Waals surface area contributed by atoms with Gasteiger partial charge in [-0.3, -0.25) is 4.79 Å². The van der Waals surface area contributed by atoms with Crippen molar-refractivity contribution in [3.63, 3.8) is 0 Å². The summed E-state index contributed by atoms with van der Waals surface area (Å²) < 4.78 is 1.44. The maximum Gasteiger partial charge on any atom is 0.323 e. The van der Waals surface area contributed by atoms with Crippen molar-refractivity contribution in [2.45, 2.75) is 6.92 Å². The minimum atomic E-state index is -0.421. The fourth-order valence-electron chi connectivity index (χ4n) is 3.24. The Morgan fingerprint density at radius 3 is 2.53 bits per heavy atom. The summed E-state index contributed by atoms with van der Waals surface area (Å²) >= 11 is 0. The lowest BCUT2D eigenvalue weighted by molar-refractivity contribution is 0.262. The normalized spacial score (nSPS) is 10.4. The Kier molecular flexibility index (Phi) is 5.55. The molecular formula is C24H20N6O2. The first-order valence-electron chi connectivity index (χ1n) is 9.84. The number of nitrogens with zero attached hydrogens (tertiary/aromatic N) is 3. The Morgan fingerprint density at radius 2 is 1.75 bits per heavy atom. The number of amides is 2. The van der Waals surface area contributed by atoms with Crippen molar-refractivity contribution < 1.29 is 4.79 Å². The molecule has 0 spiro atoms. The van der Waals surface area contributed by atoms with Gasteiger partial charge in [-0.2, -0.15) is 5.26 Å². The molecule has 0 atom stereocenters. The quantitative estimate of drug-likeness (QED) is 0.447. The molecule has 0 saturated heterocycles. The van der Waals surface area contributed by atoms with E-state index in [1.54, 1.807) is 49.5 Å². The minimum Gasteiger partial charge on any atom is -0.355 e. The van der Waals surface area contributed by atoms with Gasteiger partial charge in [0.25, 0.3) is 5.56 Å². The lowest BCUT2D eigenvalue weighted by Gasteiger charge is -2.13. The Bertz CT molecular complexity index is 1430. The fourth-order valence-corrected chi connectivity index (χ4v) is 3.24. The second kappa shape index (κ2) is 8.62. The minimum absolute atomic E-state index is 0.122. The van der Waals surface area contributed by atoms with Gasteiger partial charge >= 0.3 is 6.03 Å². The lowest BCUT2D eigenvalue weighted by atomic mass is 10.1. The number of hydrogen-bond donors (Lipinski definition) is 3. The van der Waals surface area contributed by atoms with Gasteiger partial charge in [-0.1, -0.05) is 12.1 Å². The second-order valence-corrected chi connectivity index (χ2v) is 7.32. The number of aryl methyl sites for hydroxylation is 2. The first-order chi connectivity index (χ1) is 15.4. The van der Waals surface area contributed by atoms with Crippen LogP contribution in [0.2, 0.25) is 0 Å². The summed E-state index contributed by atoms with van der Waals surface area (Å²) in [7, 11) is 1.66. The molecule has 0 unspecified atom stereocenters. The number of urea groups is 1. The molecule has 2 amide bonds. The van der Waals surface area contributed by atoms with Crippen LogP contribution in [-0.2, 0) is 7.05 Å². The average molecular weight is 424 g/mol. The van der Waals surface area contributed by atoms with Gasteiger partial charge in [0, 0.05) is 29.8 Å². The highest BCUT2D eigenvalue weighted by Crippen LogP contribution is 2.25. The predicted molar refractivity (Wildman–Crippen MR) is 125 cm³/mol. The molecule has 0 aliphatic carbocycles. The summed E-state index contributed by atoms with van der Waals surface area (Å²) in [6.07, 6.45) is 1.50. The van der Waals surface area contributed by atoms with E-state index in [2.05, 4.69) is 20.9 Å². The summed E-state index contributed by atoms with van der Waals surface area (Å²) in [5.74, 6) is 0. The summed E-state index contributed by atoms with van der Waals surface area (Å²) in [4.78, 5) is 29.0. The van der Waals surface area contributed by atoms with Gasteiger partial charge in [-0.25, -0.2) is 9.78 Å². The van der Waals surface area contributed by atoms with Crippen molar-refractivity contribution in [2.75, 3.05) is 16.0 Å². The molecule has 8 heteroatoms. The smallest absolute Gasteiger partial charge is 0.323 e. The molecule has 0 saturated carbocycles. The van der Waals surface area contributed by atoms with Crippen LogP contribution in [0.5, 0.6) is 0 Å². The summed E-state index contributed by atoms with van der Waals surface area (Å²) in [5.41, 5.74) is 4.58. The van der Waals surface area contributed by atoms with Crippen LogP contribution in [0.25, 0.3) is 10.9 Å². The molecule has 0 bridgehead atoms. The third kappa shape index (κ3) is 4.42. The molecule has 8 nitrogen and oxygen atoms in total. The van der Waals surface area contributed by atoms with Gasteiger partial charge in [0.2, 0.25) is 0 Å². The molecule has 1 heterocycles. The van der Waals surface area contributed by atoms with E-state index >= 15 is 0 Å². The molecule has 3 N–H and O–H groups in total. The van der Waals surface area contributed by atoms with E-state index in [0.717, 1.165) is 16.9 Å². The highest BCUT2D eigenvalue weighted by atomic mass is 16.2.